The van der Waals surface area contributed by atoms with Crippen molar-refractivity contribution >= 4 is 23.5 Å². The zero-order valence-electron chi connectivity index (χ0n) is 20.0. The largest absolute Gasteiger partial charge is 0.481 e. The van der Waals surface area contributed by atoms with Crippen LogP contribution in [0.5, 0.6) is 0 Å². The van der Waals surface area contributed by atoms with Gasteiger partial charge in [0.05, 0.1) is 12.5 Å². The quantitative estimate of drug-likeness (QED) is 0.498. The van der Waals surface area contributed by atoms with Crippen LogP contribution >= 0.6 is 0 Å². The Labute approximate surface area is 199 Å². The van der Waals surface area contributed by atoms with E-state index >= 15 is 0 Å². The third-order valence-electron chi connectivity index (χ3n) is 9.29. The molecule has 3 fully saturated rings. The average Bonchev–Trinajstić information content (AvgIpc) is 3.03. The molecule has 0 unspecified atom stereocenters. The van der Waals surface area contributed by atoms with Gasteiger partial charge in [0.25, 0.3) is 0 Å². The Bertz CT molecular complexity index is 981. The number of hydrogen-bond donors (Lipinski definition) is 3. The number of fused-ring (bicyclic) bond motifs is 5. The van der Waals surface area contributed by atoms with Gasteiger partial charge >= 0.3 is 11.9 Å². The summed E-state index contributed by atoms with van der Waals surface area (Å²) >= 11 is 0. The molecule has 0 bridgehead atoms. The first kappa shape index (κ1) is 24.8. The molecule has 8 nitrogen and oxygen atoms in total. The van der Waals surface area contributed by atoms with E-state index in [4.69, 9.17) is 9.84 Å². The Morgan fingerprint density at radius 2 is 1.91 bits per heavy atom. The van der Waals surface area contributed by atoms with Crippen molar-refractivity contribution in [3.8, 4) is 0 Å². The lowest BCUT2D eigenvalue weighted by molar-refractivity contribution is -0.198. The van der Waals surface area contributed by atoms with Crippen LogP contribution in [-0.2, 0) is 23.9 Å². The lowest BCUT2D eigenvalue weighted by atomic mass is 9.45. The van der Waals surface area contributed by atoms with Crippen LogP contribution in [-0.4, -0.2) is 57.1 Å². The van der Waals surface area contributed by atoms with E-state index in [1.54, 1.807) is 12.2 Å². The van der Waals surface area contributed by atoms with Gasteiger partial charge in [0.1, 0.15) is 6.61 Å². The van der Waals surface area contributed by atoms with Gasteiger partial charge in [0, 0.05) is 23.2 Å². The molecule has 0 aromatic heterocycles. The second-order valence-corrected chi connectivity index (χ2v) is 11.1. The number of carboxylic acids is 1. The highest BCUT2D eigenvalue weighted by atomic mass is 16.6. The van der Waals surface area contributed by atoms with Crippen molar-refractivity contribution in [2.45, 2.75) is 71.0 Å². The number of aliphatic hydroxyl groups excluding tert-OH is 1. The summed E-state index contributed by atoms with van der Waals surface area (Å²) in [6.07, 6.45) is 5.53. The van der Waals surface area contributed by atoms with Gasteiger partial charge in [-0.25, -0.2) is 4.79 Å². The maximum atomic E-state index is 13.0. The SMILES string of the molecule is C[C@H]1C[C@@H]2[C@H]([C@@H](O)C[C@@]3(C)[C@H]2CC[C@]3(O)C(=O)OCC(=O)CCC(=O)O)[C@@]2(C)C=CC(=O)C=C12. The van der Waals surface area contributed by atoms with Crippen molar-refractivity contribution in [2.75, 3.05) is 6.61 Å². The number of rotatable bonds is 6. The molecule has 8 heteroatoms. The summed E-state index contributed by atoms with van der Waals surface area (Å²) in [5, 5.41) is 31.7. The fourth-order valence-corrected chi connectivity index (χ4v) is 7.67. The van der Waals surface area contributed by atoms with Crippen LogP contribution < -0.4 is 0 Å². The zero-order chi connectivity index (χ0) is 25.1. The Balaban J connectivity index is 1.56. The molecule has 0 aromatic rings. The minimum absolute atomic E-state index is 0.0342. The number of esters is 1. The summed E-state index contributed by atoms with van der Waals surface area (Å²) in [7, 11) is 0. The molecule has 0 saturated heterocycles. The molecule has 34 heavy (non-hydrogen) atoms. The molecule has 4 aliphatic rings. The molecule has 0 aromatic carbocycles. The second-order valence-electron chi connectivity index (χ2n) is 11.1. The number of allylic oxidation sites excluding steroid dienone is 4. The van der Waals surface area contributed by atoms with E-state index in [0.29, 0.717) is 6.42 Å². The van der Waals surface area contributed by atoms with Gasteiger partial charge in [-0.2, -0.15) is 0 Å². The van der Waals surface area contributed by atoms with Crippen molar-refractivity contribution in [3.63, 3.8) is 0 Å². The molecule has 0 spiro atoms. The standard InChI is InChI=1S/C26H34O8/c1-14-10-17-18-7-9-26(33,23(32)34-13-16(28)4-5-21(30)31)25(18,3)12-20(29)22(17)24(2)8-6-15(27)11-19(14)24/h6,8,11,14,17-18,20,22,29,33H,4-5,7,9-10,12-13H2,1-3H3,(H,30,31)/t14-,17-,18-,20-,22+,24-,25-,26-/m0/s1. The highest BCUT2D eigenvalue weighted by Crippen LogP contribution is 2.67. The molecule has 0 heterocycles. The molecule has 4 aliphatic carbocycles. The van der Waals surface area contributed by atoms with Crippen molar-refractivity contribution in [1.29, 1.82) is 0 Å². The topological polar surface area (TPSA) is 138 Å². The van der Waals surface area contributed by atoms with E-state index in [-0.39, 0.29) is 55.1 Å². The van der Waals surface area contributed by atoms with E-state index in [1.807, 2.05) is 13.0 Å². The first-order valence-electron chi connectivity index (χ1n) is 12.1. The third-order valence-corrected chi connectivity index (χ3v) is 9.29. The van der Waals surface area contributed by atoms with Gasteiger partial charge in [-0.05, 0) is 55.6 Å². The van der Waals surface area contributed by atoms with E-state index in [2.05, 4.69) is 13.8 Å². The summed E-state index contributed by atoms with van der Waals surface area (Å²) in [6, 6.07) is 0. The van der Waals surface area contributed by atoms with Gasteiger partial charge in [0.2, 0.25) is 0 Å². The Kier molecular flexibility index (Phi) is 6.13. The molecule has 186 valence electrons. The lowest BCUT2D eigenvalue weighted by Gasteiger charge is -2.60. The average molecular weight is 475 g/mol. The number of Topliss-reactive ketones (excluding diaryl/α,β-unsaturated/α-hetero) is 1. The number of carboxylic acid groups (broad SMARTS) is 1. The lowest BCUT2D eigenvalue weighted by Crippen LogP contribution is -2.62. The number of ether oxygens (including phenoxy) is 1. The van der Waals surface area contributed by atoms with Crippen LogP contribution in [0.25, 0.3) is 0 Å². The fourth-order valence-electron chi connectivity index (χ4n) is 7.67. The second kappa shape index (κ2) is 8.41. The first-order chi connectivity index (χ1) is 15.8. The number of hydrogen-bond acceptors (Lipinski definition) is 7. The van der Waals surface area contributed by atoms with Crippen molar-refractivity contribution < 1.29 is 39.2 Å². The summed E-state index contributed by atoms with van der Waals surface area (Å²) in [6.45, 7) is 5.41. The van der Waals surface area contributed by atoms with Crippen LogP contribution in [0, 0.1) is 34.5 Å². The van der Waals surface area contributed by atoms with Crippen LogP contribution in [0.4, 0.5) is 0 Å². The van der Waals surface area contributed by atoms with E-state index in [1.165, 1.54) is 0 Å². The van der Waals surface area contributed by atoms with Crippen molar-refractivity contribution in [1.82, 2.24) is 0 Å². The maximum Gasteiger partial charge on any atom is 0.339 e. The first-order valence-corrected chi connectivity index (χ1v) is 12.1. The predicted molar refractivity (Wildman–Crippen MR) is 120 cm³/mol. The molecular weight excluding hydrogens is 440 g/mol. The van der Waals surface area contributed by atoms with Crippen molar-refractivity contribution in [2.24, 2.45) is 34.5 Å². The molecule has 3 saturated carbocycles. The van der Waals surface area contributed by atoms with E-state index in [0.717, 1.165) is 12.0 Å². The van der Waals surface area contributed by atoms with Gasteiger partial charge in [0.15, 0.2) is 17.2 Å². The highest BCUT2D eigenvalue weighted by Gasteiger charge is 2.69. The Morgan fingerprint density at radius 3 is 2.59 bits per heavy atom. The summed E-state index contributed by atoms with van der Waals surface area (Å²) in [4.78, 5) is 47.7. The molecule has 0 aliphatic heterocycles. The number of aliphatic carboxylic acids is 1. The minimum atomic E-state index is -1.84. The summed E-state index contributed by atoms with van der Waals surface area (Å²) in [5.41, 5.74) is -2.19. The van der Waals surface area contributed by atoms with E-state index in [9.17, 15) is 29.4 Å². The smallest absolute Gasteiger partial charge is 0.339 e. The van der Waals surface area contributed by atoms with Gasteiger partial charge < -0.3 is 20.1 Å². The van der Waals surface area contributed by atoms with Gasteiger partial charge in [-0.15, -0.1) is 0 Å². The number of ketones is 2. The highest BCUT2D eigenvalue weighted by molar-refractivity contribution is 6.01. The van der Waals surface area contributed by atoms with Crippen LogP contribution in [0.2, 0.25) is 0 Å². The number of carbonyl (C=O) groups excluding carboxylic acids is 3. The van der Waals surface area contributed by atoms with Crippen LogP contribution in [0.15, 0.2) is 23.8 Å². The third kappa shape index (κ3) is 3.66. The fraction of sp³-hybridized carbons (Fsp3) is 0.692. The van der Waals surface area contributed by atoms with Gasteiger partial charge in [-0.3, -0.25) is 14.4 Å². The molecule has 3 N–H and O–H groups in total. The normalized spacial score (nSPS) is 42.8. The molecule has 0 radical (unpaired) electrons. The van der Waals surface area contributed by atoms with Crippen LogP contribution in [0.1, 0.15) is 59.3 Å². The predicted octanol–water partition coefficient (Wildman–Crippen LogP) is 2.22. The number of aliphatic hydroxyl groups is 2. The molecule has 0 amide bonds. The van der Waals surface area contributed by atoms with Gasteiger partial charge in [-0.1, -0.05) is 32.4 Å². The Morgan fingerprint density at radius 1 is 1.21 bits per heavy atom. The Hall–Kier alpha value is -2.32. The van der Waals surface area contributed by atoms with Crippen molar-refractivity contribution in [3.05, 3.63) is 23.8 Å². The van der Waals surface area contributed by atoms with E-state index < -0.39 is 46.9 Å². The molecular formula is C26H34O8. The number of carbonyl (C=O) groups is 4. The maximum absolute atomic E-state index is 13.0. The minimum Gasteiger partial charge on any atom is -0.481 e. The molecule has 8 atom stereocenters. The molecule has 4 rings (SSSR count). The zero-order valence-corrected chi connectivity index (χ0v) is 20.0. The summed E-state index contributed by atoms with van der Waals surface area (Å²) in [5.74, 6) is -2.55. The van der Waals surface area contributed by atoms with Crippen LogP contribution in [0.3, 0.4) is 0 Å². The monoisotopic (exact) mass is 474 g/mol. The summed E-state index contributed by atoms with van der Waals surface area (Å²) < 4.78 is 5.18.